The van der Waals surface area contributed by atoms with Crippen LogP contribution in [0, 0.1) is 0 Å². The lowest BCUT2D eigenvalue weighted by Gasteiger charge is -2.18. The molecule has 1 aromatic carbocycles. The van der Waals surface area contributed by atoms with Gasteiger partial charge >= 0.3 is 0 Å². The number of rotatable bonds is 5. The highest BCUT2D eigenvalue weighted by molar-refractivity contribution is 9.10. The van der Waals surface area contributed by atoms with Gasteiger partial charge in [0.05, 0.1) is 6.10 Å². The zero-order valence-corrected chi connectivity index (χ0v) is 12.9. The van der Waals surface area contributed by atoms with Crippen molar-refractivity contribution in [2.75, 3.05) is 13.7 Å². The van der Waals surface area contributed by atoms with Gasteiger partial charge in [-0.25, -0.2) is 0 Å². The topological polar surface area (TPSA) is 29.5 Å². The van der Waals surface area contributed by atoms with Gasteiger partial charge in [-0.1, -0.05) is 28.1 Å². The molecule has 0 saturated carbocycles. The Hall–Kier alpha value is -0.870. The fraction of sp³-hybridized carbons (Fsp3) is 0.533. The summed E-state index contributed by atoms with van der Waals surface area (Å²) in [4.78, 5) is 13.8. The van der Waals surface area contributed by atoms with E-state index in [0.29, 0.717) is 19.1 Å². The Kier molecular flexibility index (Phi) is 5.40. The molecular weight excluding hydrogens is 306 g/mol. The van der Waals surface area contributed by atoms with Gasteiger partial charge in [-0.15, -0.1) is 0 Å². The first-order valence-electron chi connectivity index (χ1n) is 6.75. The van der Waals surface area contributed by atoms with Crippen LogP contribution in [0.15, 0.2) is 28.7 Å². The van der Waals surface area contributed by atoms with Crippen molar-refractivity contribution in [3.63, 3.8) is 0 Å². The van der Waals surface area contributed by atoms with Gasteiger partial charge in [0.25, 0.3) is 0 Å². The largest absolute Gasteiger partial charge is 0.378 e. The summed E-state index contributed by atoms with van der Waals surface area (Å²) in [5.41, 5.74) is 1.14. The van der Waals surface area contributed by atoms with E-state index in [2.05, 4.69) is 15.9 Å². The van der Waals surface area contributed by atoms with E-state index in [4.69, 9.17) is 4.74 Å². The van der Waals surface area contributed by atoms with Crippen LogP contribution in [-0.4, -0.2) is 30.6 Å². The molecule has 1 aliphatic heterocycles. The van der Waals surface area contributed by atoms with E-state index in [9.17, 15) is 4.79 Å². The molecule has 4 heteroatoms. The molecule has 0 aliphatic carbocycles. The van der Waals surface area contributed by atoms with Gasteiger partial charge in [0.15, 0.2) is 0 Å². The van der Waals surface area contributed by atoms with Gasteiger partial charge in [-0.05, 0) is 37.0 Å². The Bertz CT molecular complexity index is 430. The van der Waals surface area contributed by atoms with Crippen molar-refractivity contribution in [1.29, 1.82) is 0 Å². The smallest absolute Gasteiger partial charge is 0.222 e. The van der Waals surface area contributed by atoms with Gasteiger partial charge < -0.3 is 9.64 Å². The molecule has 1 aliphatic rings. The van der Waals surface area contributed by atoms with Gasteiger partial charge in [0.2, 0.25) is 5.91 Å². The predicted octanol–water partition coefficient (Wildman–Crippen LogP) is 3.37. The summed E-state index contributed by atoms with van der Waals surface area (Å²) in [6.07, 6.45) is 3.95. The molecule has 1 amide bonds. The van der Waals surface area contributed by atoms with Crippen molar-refractivity contribution in [3.05, 3.63) is 34.3 Å². The van der Waals surface area contributed by atoms with Crippen LogP contribution >= 0.6 is 15.9 Å². The van der Waals surface area contributed by atoms with E-state index >= 15 is 0 Å². The first-order chi connectivity index (χ1) is 9.15. The molecule has 0 N–H and O–H groups in total. The molecule has 1 heterocycles. The van der Waals surface area contributed by atoms with Crippen LogP contribution in [0.1, 0.15) is 31.2 Å². The van der Waals surface area contributed by atoms with Crippen LogP contribution in [0.25, 0.3) is 0 Å². The second-order valence-corrected chi connectivity index (χ2v) is 5.97. The molecule has 1 unspecified atom stereocenters. The summed E-state index contributed by atoms with van der Waals surface area (Å²) in [7, 11) is 1.86. The minimum atomic E-state index is 0.190. The highest BCUT2D eigenvalue weighted by Gasteiger charge is 2.18. The monoisotopic (exact) mass is 325 g/mol. The van der Waals surface area contributed by atoms with Crippen molar-refractivity contribution < 1.29 is 9.53 Å². The van der Waals surface area contributed by atoms with Gasteiger partial charge in [-0.2, -0.15) is 0 Å². The van der Waals surface area contributed by atoms with Crippen molar-refractivity contribution in [3.8, 4) is 0 Å². The quantitative estimate of drug-likeness (QED) is 0.830. The average Bonchev–Trinajstić information content (AvgIpc) is 2.89. The third kappa shape index (κ3) is 4.62. The van der Waals surface area contributed by atoms with Crippen LogP contribution in [0.3, 0.4) is 0 Å². The van der Waals surface area contributed by atoms with Crippen LogP contribution in [0.5, 0.6) is 0 Å². The Labute approximate surface area is 123 Å². The van der Waals surface area contributed by atoms with Crippen molar-refractivity contribution in [2.45, 2.75) is 38.3 Å². The van der Waals surface area contributed by atoms with Crippen LogP contribution in [0.4, 0.5) is 0 Å². The first kappa shape index (κ1) is 14.5. The van der Waals surface area contributed by atoms with E-state index in [1.165, 1.54) is 0 Å². The van der Waals surface area contributed by atoms with Crippen molar-refractivity contribution >= 4 is 21.8 Å². The summed E-state index contributed by atoms with van der Waals surface area (Å²) in [5, 5.41) is 0. The zero-order chi connectivity index (χ0) is 13.7. The van der Waals surface area contributed by atoms with Crippen molar-refractivity contribution in [1.82, 2.24) is 4.90 Å². The standard InChI is InChI=1S/C15H20BrNO2/c1-17(11-12-4-2-5-13(16)10-12)15(18)8-7-14-6-3-9-19-14/h2,4-5,10,14H,3,6-9,11H2,1H3. The molecule has 1 atom stereocenters. The van der Waals surface area contributed by atoms with Crippen LogP contribution in [0.2, 0.25) is 0 Å². The summed E-state index contributed by atoms with van der Waals surface area (Å²) in [6.45, 7) is 1.51. The molecule has 0 aromatic heterocycles. The Balaban J connectivity index is 1.78. The maximum atomic E-state index is 12.0. The Morgan fingerprint density at radius 2 is 2.37 bits per heavy atom. The summed E-state index contributed by atoms with van der Waals surface area (Å²) < 4.78 is 6.59. The molecule has 1 aromatic rings. The number of carbonyl (C=O) groups is 1. The number of amides is 1. The third-order valence-electron chi connectivity index (χ3n) is 3.44. The molecule has 1 fully saturated rings. The summed E-state index contributed by atoms with van der Waals surface area (Å²) >= 11 is 3.44. The Morgan fingerprint density at radius 3 is 3.05 bits per heavy atom. The number of halogens is 1. The SMILES string of the molecule is CN(Cc1cccc(Br)c1)C(=O)CCC1CCCO1. The molecule has 104 valence electrons. The normalized spacial score (nSPS) is 18.5. The van der Waals surface area contributed by atoms with E-state index in [1.807, 2.05) is 31.3 Å². The fourth-order valence-electron chi connectivity index (χ4n) is 2.34. The molecular formula is C15H20BrNO2. The van der Waals surface area contributed by atoms with Gasteiger partial charge in [0, 0.05) is 31.1 Å². The number of ether oxygens (including phenoxy) is 1. The average molecular weight is 326 g/mol. The first-order valence-corrected chi connectivity index (χ1v) is 7.54. The van der Waals surface area contributed by atoms with E-state index in [0.717, 1.165) is 35.9 Å². The summed E-state index contributed by atoms with van der Waals surface area (Å²) in [6, 6.07) is 8.06. The predicted molar refractivity (Wildman–Crippen MR) is 78.8 cm³/mol. The van der Waals surface area contributed by atoms with E-state index in [1.54, 1.807) is 4.90 Å². The Morgan fingerprint density at radius 1 is 1.53 bits per heavy atom. The maximum Gasteiger partial charge on any atom is 0.222 e. The van der Waals surface area contributed by atoms with Crippen LogP contribution in [-0.2, 0) is 16.1 Å². The molecule has 19 heavy (non-hydrogen) atoms. The molecule has 2 rings (SSSR count). The lowest BCUT2D eigenvalue weighted by atomic mass is 10.1. The minimum Gasteiger partial charge on any atom is -0.378 e. The lowest BCUT2D eigenvalue weighted by molar-refractivity contribution is -0.131. The number of hydrogen-bond acceptors (Lipinski definition) is 2. The van der Waals surface area contributed by atoms with E-state index in [-0.39, 0.29) is 5.91 Å². The molecule has 1 saturated heterocycles. The number of carbonyl (C=O) groups excluding carboxylic acids is 1. The fourth-order valence-corrected chi connectivity index (χ4v) is 2.79. The second kappa shape index (κ2) is 7.06. The van der Waals surface area contributed by atoms with E-state index < -0.39 is 0 Å². The minimum absolute atomic E-state index is 0.190. The number of hydrogen-bond donors (Lipinski definition) is 0. The number of benzene rings is 1. The zero-order valence-electron chi connectivity index (χ0n) is 11.3. The summed E-state index contributed by atoms with van der Waals surface area (Å²) in [5.74, 6) is 0.190. The molecule has 3 nitrogen and oxygen atoms in total. The lowest BCUT2D eigenvalue weighted by Crippen LogP contribution is -2.26. The molecule has 0 radical (unpaired) electrons. The molecule has 0 bridgehead atoms. The molecule has 0 spiro atoms. The van der Waals surface area contributed by atoms with Gasteiger partial charge in [0.1, 0.15) is 0 Å². The second-order valence-electron chi connectivity index (χ2n) is 5.05. The van der Waals surface area contributed by atoms with Crippen LogP contribution < -0.4 is 0 Å². The maximum absolute atomic E-state index is 12.0. The third-order valence-corrected chi connectivity index (χ3v) is 3.93. The van der Waals surface area contributed by atoms with Gasteiger partial charge in [-0.3, -0.25) is 4.79 Å². The number of nitrogens with zero attached hydrogens (tertiary/aromatic N) is 1. The highest BCUT2D eigenvalue weighted by atomic mass is 79.9. The van der Waals surface area contributed by atoms with Crippen molar-refractivity contribution in [2.24, 2.45) is 0 Å². The highest BCUT2D eigenvalue weighted by Crippen LogP contribution is 2.18.